The van der Waals surface area contributed by atoms with Gasteiger partial charge >= 0.3 is 0 Å². The smallest absolute Gasteiger partial charge is 0.237 e. The normalized spacial score (nSPS) is 22.2. The molecule has 24 heavy (non-hydrogen) atoms. The number of hydrogen-bond donors (Lipinski definition) is 2. The topological polar surface area (TPSA) is 76.8 Å². The van der Waals surface area contributed by atoms with Gasteiger partial charge < -0.3 is 20.5 Å². The van der Waals surface area contributed by atoms with Crippen molar-refractivity contribution in [3.05, 3.63) is 23.8 Å². The average molecular weight is 335 g/mol. The summed E-state index contributed by atoms with van der Waals surface area (Å²) in [6.45, 7) is 7.04. The Hall–Kier alpha value is -1.79. The van der Waals surface area contributed by atoms with Gasteiger partial charge in [0, 0.05) is 13.1 Å². The number of carbonyl (C=O) groups excluding carboxylic acids is 1. The van der Waals surface area contributed by atoms with Crippen LogP contribution in [-0.4, -0.2) is 50.7 Å². The van der Waals surface area contributed by atoms with Crippen molar-refractivity contribution in [2.24, 2.45) is 11.1 Å². The first-order chi connectivity index (χ1) is 11.4. The molecule has 1 aliphatic rings. The van der Waals surface area contributed by atoms with Crippen molar-refractivity contribution >= 4 is 5.91 Å². The Morgan fingerprint density at radius 1 is 1.38 bits per heavy atom. The molecule has 1 amide bonds. The van der Waals surface area contributed by atoms with Gasteiger partial charge in [-0.05, 0) is 49.5 Å². The molecule has 6 heteroatoms. The van der Waals surface area contributed by atoms with Crippen molar-refractivity contribution < 1.29 is 14.3 Å². The summed E-state index contributed by atoms with van der Waals surface area (Å²) in [6, 6.07) is 5.49. The van der Waals surface area contributed by atoms with Crippen molar-refractivity contribution in [3.63, 3.8) is 0 Å². The lowest BCUT2D eigenvalue weighted by molar-refractivity contribution is -0.125. The standard InChI is InChI=1S/C18H29N3O3/c1-13(21-8-7-18(2,11-19)12-21)17(22)20-10-14-5-6-15(23-3)16(9-14)24-4/h5-6,9,13H,7-8,10-12,19H2,1-4H3,(H,20,22). The van der Waals surface area contributed by atoms with Crippen LogP contribution in [0.3, 0.4) is 0 Å². The highest BCUT2D eigenvalue weighted by molar-refractivity contribution is 5.81. The Morgan fingerprint density at radius 2 is 2.08 bits per heavy atom. The summed E-state index contributed by atoms with van der Waals surface area (Å²) in [5, 5.41) is 3.00. The molecule has 0 saturated carbocycles. The number of nitrogens with zero attached hydrogens (tertiary/aromatic N) is 1. The monoisotopic (exact) mass is 335 g/mol. The predicted molar refractivity (Wildman–Crippen MR) is 94.2 cm³/mol. The largest absolute Gasteiger partial charge is 0.493 e. The molecule has 0 aromatic heterocycles. The molecule has 1 aromatic rings. The van der Waals surface area contributed by atoms with E-state index in [2.05, 4.69) is 17.1 Å². The Labute approximate surface area is 144 Å². The zero-order chi connectivity index (χ0) is 17.7. The quantitative estimate of drug-likeness (QED) is 0.787. The third kappa shape index (κ3) is 4.19. The minimum atomic E-state index is -0.154. The second-order valence-corrected chi connectivity index (χ2v) is 6.82. The van der Waals surface area contributed by atoms with Crippen LogP contribution >= 0.6 is 0 Å². The fourth-order valence-corrected chi connectivity index (χ4v) is 3.05. The Kier molecular flexibility index (Phi) is 6.07. The van der Waals surface area contributed by atoms with Gasteiger partial charge in [-0.2, -0.15) is 0 Å². The maximum atomic E-state index is 12.4. The highest BCUT2D eigenvalue weighted by Crippen LogP contribution is 2.30. The van der Waals surface area contributed by atoms with Crippen LogP contribution in [0.4, 0.5) is 0 Å². The van der Waals surface area contributed by atoms with E-state index in [1.54, 1.807) is 14.2 Å². The van der Waals surface area contributed by atoms with E-state index in [0.717, 1.165) is 25.1 Å². The molecule has 0 bridgehead atoms. The van der Waals surface area contributed by atoms with Gasteiger partial charge in [-0.15, -0.1) is 0 Å². The van der Waals surface area contributed by atoms with E-state index in [9.17, 15) is 4.79 Å². The fourth-order valence-electron chi connectivity index (χ4n) is 3.05. The maximum absolute atomic E-state index is 12.4. The third-order valence-electron chi connectivity index (χ3n) is 4.92. The highest BCUT2D eigenvalue weighted by Gasteiger charge is 2.36. The van der Waals surface area contributed by atoms with Crippen molar-refractivity contribution in [2.75, 3.05) is 33.9 Å². The van der Waals surface area contributed by atoms with Gasteiger partial charge in [-0.1, -0.05) is 13.0 Å². The number of nitrogens with two attached hydrogens (primary N) is 1. The van der Waals surface area contributed by atoms with E-state index < -0.39 is 0 Å². The number of hydrogen-bond acceptors (Lipinski definition) is 5. The zero-order valence-electron chi connectivity index (χ0n) is 15.1. The number of amides is 1. The lowest BCUT2D eigenvalue weighted by Crippen LogP contribution is -2.45. The minimum Gasteiger partial charge on any atom is -0.493 e. The zero-order valence-corrected chi connectivity index (χ0v) is 15.1. The number of benzene rings is 1. The predicted octanol–water partition coefficient (Wildman–Crippen LogP) is 1.38. The van der Waals surface area contributed by atoms with Gasteiger partial charge in [-0.25, -0.2) is 0 Å². The van der Waals surface area contributed by atoms with E-state index in [1.165, 1.54) is 0 Å². The first-order valence-electron chi connectivity index (χ1n) is 8.35. The average Bonchev–Trinajstić information content (AvgIpc) is 3.01. The summed E-state index contributed by atoms with van der Waals surface area (Å²) in [5.41, 5.74) is 6.94. The van der Waals surface area contributed by atoms with Crippen molar-refractivity contribution in [3.8, 4) is 11.5 Å². The maximum Gasteiger partial charge on any atom is 0.237 e. The fraction of sp³-hybridized carbons (Fsp3) is 0.611. The lowest BCUT2D eigenvalue weighted by Gasteiger charge is -2.26. The molecule has 1 aromatic carbocycles. The summed E-state index contributed by atoms with van der Waals surface area (Å²) in [4.78, 5) is 14.6. The van der Waals surface area contributed by atoms with Crippen LogP contribution in [0.5, 0.6) is 11.5 Å². The van der Waals surface area contributed by atoms with Crippen LogP contribution < -0.4 is 20.5 Å². The summed E-state index contributed by atoms with van der Waals surface area (Å²) < 4.78 is 10.5. The number of likely N-dealkylation sites (tertiary alicyclic amines) is 1. The van der Waals surface area contributed by atoms with Crippen LogP contribution in [-0.2, 0) is 11.3 Å². The van der Waals surface area contributed by atoms with Crippen molar-refractivity contribution in [1.29, 1.82) is 0 Å². The van der Waals surface area contributed by atoms with Crippen LogP contribution in [0.1, 0.15) is 25.8 Å². The molecule has 1 saturated heterocycles. The Morgan fingerprint density at radius 3 is 2.67 bits per heavy atom. The first-order valence-corrected chi connectivity index (χ1v) is 8.35. The van der Waals surface area contributed by atoms with Crippen LogP contribution in [0, 0.1) is 5.41 Å². The number of nitrogens with one attached hydrogen (secondary N) is 1. The molecule has 3 N–H and O–H groups in total. The van der Waals surface area contributed by atoms with Crippen LogP contribution in [0.15, 0.2) is 18.2 Å². The van der Waals surface area contributed by atoms with Gasteiger partial charge in [0.1, 0.15) is 0 Å². The lowest BCUT2D eigenvalue weighted by atomic mass is 9.90. The summed E-state index contributed by atoms with van der Waals surface area (Å²) >= 11 is 0. The first kappa shape index (κ1) is 18.5. The van der Waals surface area contributed by atoms with Gasteiger partial charge in [0.2, 0.25) is 5.91 Å². The number of carbonyl (C=O) groups is 1. The van der Waals surface area contributed by atoms with Gasteiger partial charge in [0.05, 0.1) is 20.3 Å². The van der Waals surface area contributed by atoms with E-state index in [-0.39, 0.29) is 17.4 Å². The molecule has 134 valence electrons. The van der Waals surface area contributed by atoms with Gasteiger partial charge in [0.15, 0.2) is 11.5 Å². The molecule has 6 nitrogen and oxygen atoms in total. The van der Waals surface area contributed by atoms with E-state index >= 15 is 0 Å². The number of methoxy groups -OCH3 is 2. The van der Waals surface area contributed by atoms with Crippen molar-refractivity contribution in [2.45, 2.75) is 32.9 Å². The Bertz CT molecular complexity index is 579. The van der Waals surface area contributed by atoms with Gasteiger partial charge in [-0.3, -0.25) is 9.69 Å². The summed E-state index contributed by atoms with van der Waals surface area (Å²) in [6.07, 6.45) is 1.04. The summed E-state index contributed by atoms with van der Waals surface area (Å²) in [7, 11) is 3.20. The molecule has 1 aliphatic heterocycles. The van der Waals surface area contributed by atoms with E-state index in [1.807, 2.05) is 25.1 Å². The van der Waals surface area contributed by atoms with E-state index in [4.69, 9.17) is 15.2 Å². The van der Waals surface area contributed by atoms with Gasteiger partial charge in [0.25, 0.3) is 0 Å². The van der Waals surface area contributed by atoms with Crippen molar-refractivity contribution in [1.82, 2.24) is 10.2 Å². The highest BCUT2D eigenvalue weighted by atomic mass is 16.5. The molecular formula is C18H29N3O3. The molecular weight excluding hydrogens is 306 g/mol. The minimum absolute atomic E-state index is 0.0334. The molecule has 1 heterocycles. The molecule has 2 atom stereocenters. The second-order valence-electron chi connectivity index (χ2n) is 6.82. The number of ether oxygens (including phenoxy) is 2. The molecule has 0 radical (unpaired) electrons. The van der Waals surface area contributed by atoms with Crippen LogP contribution in [0.2, 0.25) is 0 Å². The molecule has 2 rings (SSSR count). The molecule has 0 spiro atoms. The molecule has 0 aliphatic carbocycles. The molecule has 2 unspecified atom stereocenters. The van der Waals surface area contributed by atoms with Crippen LogP contribution in [0.25, 0.3) is 0 Å². The Balaban J connectivity index is 1.91. The number of rotatable bonds is 7. The molecule has 1 fully saturated rings. The second kappa shape index (κ2) is 7.85. The third-order valence-corrected chi connectivity index (χ3v) is 4.92. The SMILES string of the molecule is COc1ccc(CNC(=O)C(C)N2CCC(C)(CN)C2)cc1OC. The van der Waals surface area contributed by atoms with E-state index in [0.29, 0.717) is 24.6 Å². The summed E-state index contributed by atoms with van der Waals surface area (Å²) in [5.74, 6) is 1.38.